The lowest BCUT2D eigenvalue weighted by molar-refractivity contribution is 0.102. The minimum atomic E-state index is -3.48. The number of anilines is 1. The van der Waals surface area contributed by atoms with Gasteiger partial charge in [-0.3, -0.25) is 4.79 Å². The van der Waals surface area contributed by atoms with Crippen LogP contribution in [0.25, 0.3) is 0 Å². The Labute approximate surface area is 163 Å². The molecule has 0 saturated carbocycles. The van der Waals surface area contributed by atoms with Crippen molar-refractivity contribution in [2.75, 3.05) is 11.6 Å². The van der Waals surface area contributed by atoms with Gasteiger partial charge in [-0.25, -0.2) is 13.4 Å². The predicted molar refractivity (Wildman–Crippen MR) is 105 cm³/mol. The van der Waals surface area contributed by atoms with Gasteiger partial charge in [-0.2, -0.15) is 0 Å². The van der Waals surface area contributed by atoms with Crippen LogP contribution >= 0.6 is 0 Å². The molecule has 0 fully saturated rings. The zero-order chi connectivity index (χ0) is 20.3. The summed E-state index contributed by atoms with van der Waals surface area (Å²) in [5.41, 5.74) is 1.69. The van der Waals surface area contributed by atoms with E-state index in [0.717, 1.165) is 17.6 Å². The molecule has 146 valence electrons. The summed E-state index contributed by atoms with van der Waals surface area (Å²) in [6.45, 7) is 2.08. The van der Waals surface area contributed by atoms with Crippen molar-refractivity contribution < 1.29 is 13.2 Å². The molecule has 0 aliphatic carbocycles. The lowest BCUT2D eigenvalue weighted by Gasteiger charge is -2.13. The normalized spacial score (nSPS) is 12.5. The number of carbonyl (C=O) groups excluding carboxylic acids is 1. The van der Waals surface area contributed by atoms with Gasteiger partial charge in [-0.05, 0) is 35.7 Å². The average molecular weight is 399 g/mol. The van der Waals surface area contributed by atoms with Gasteiger partial charge in [0.25, 0.3) is 5.91 Å². The number of benzene rings is 1. The lowest BCUT2D eigenvalue weighted by atomic mass is 9.97. The van der Waals surface area contributed by atoms with Crippen LogP contribution in [0.1, 0.15) is 34.7 Å². The molecule has 0 radical (unpaired) electrons. The largest absolute Gasteiger partial charge is 0.321 e. The van der Waals surface area contributed by atoms with Gasteiger partial charge in [0, 0.05) is 25.4 Å². The molecule has 0 spiro atoms. The van der Waals surface area contributed by atoms with E-state index < -0.39 is 15.7 Å². The van der Waals surface area contributed by atoms with E-state index in [1.165, 1.54) is 18.2 Å². The van der Waals surface area contributed by atoms with Crippen LogP contribution in [-0.4, -0.2) is 40.3 Å². The fourth-order valence-electron chi connectivity index (χ4n) is 2.75. The summed E-state index contributed by atoms with van der Waals surface area (Å²) in [7, 11) is -1.58. The molecule has 1 unspecified atom stereocenters. The van der Waals surface area contributed by atoms with Crippen LogP contribution in [0.4, 0.5) is 5.69 Å². The molecule has 1 aromatic carbocycles. The second-order valence-corrected chi connectivity index (χ2v) is 8.64. The van der Waals surface area contributed by atoms with Crippen LogP contribution in [0, 0.1) is 0 Å². The van der Waals surface area contributed by atoms with E-state index in [2.05, 4.69) is 27.4 Å². The van der Waals surface area contributed by atoms with Gasteiger partial charge in [-0.1, -0.05) is 25.1 Å². The van der Waals surface area contributed by atoms with Crippen LogP contribution in [0.3, 0.4) is 0 Å². The molecule has 2 heterocycles. The SMILES string of the molecule is CC(Cc1nncn1C)c1cccc(NC(=O)c2cccc(S(C)(=O)=O)n2)c1. The Balaban J connectivity index is 1.76. The summed E-state index contributed by atoms with van der Waals surface area (Å²) in [6, 6.07) is 11.8. The molecule has 3 aromatic rings. The number of nitrogens with one attached hydrogen (secondary N) is 1. The van der Waals surface area contributed by atoms with Crippen molar-refractivity contribution >= 4 is 21.4 Å². The molecule has 28 heavy (non-hydrogen) atoms. The molecule has 1 atom stereocenters. The highest BCUT2D eigenvalue weighted by atomic mass is 32.2. The molecule has 1 N–H and O–H groups in total. The lowest BCUT2D eigenvalue weighted by Crippen LogP contribution is -2.15. The number of sulfone groups is 1. The van der Waals surface area contributed by atoms with Crippen molar-refractivity contribution in [3.05, 3.63) is 65.9 Å². The minimum Gasteiger partial charge on any atom is -0.321 e. The zero-order valence-corrected chi connectivity index (χ0v) is 16.6. The van der Waals surface area contributed by atoms with E-state index in [1.54, 1.807) is 12.4 Å². The first-order chi connectivity index (χ1) is 13.2. The first-order valence-electron chi connectivity index (χ1n) is 8.65. The molecule has 2 aromatic heterocycles. The molecule has 8 nitrogen and oxygen atoms in total. The van der Waals surface area contributed by atoms with Gasteiger partial charge in [0.05, 0.1) is 0 Å². The average Bonchev–Trinajstić information content (AvgIpc) is 3.06. The van der Waals surface area contributed by atoms with E-state index in [-0.39, 0.29) is 16.6 Å². The molecule has 9 heteroatoms. The molecule has 0 bridgehead atoms. The standard InChI is InChI=1S/C19H21N5O3S/c1-13(10-17-23-20-12-24(17)2)14-6-4-7-15(11-14)21-19(25)16-8-5-9-18(22-16)28(3,26)27/h4-9,11-13H,10H2,1-3H3,(H,21,25). The van der Waals surface area contributed by atoms with Crippen LogP contribution in [0.15, 0.2) is 53.8 Å². The van der Waals surface area contributed by atoms with E-state index in [4.69, 9.17) is 0 Å². The first kappa shape index (κ1) is 19.7. The van der Waals surface area contributed by atoms with Crippen molar-refractivity contribution in [1.29, 1.82) is 0 Å². The third-order valence-electron chi connectivity index (χ3n) is 4.34. The number of hydrogen-bond donors (Lipinski definition) is 1. The molecule has 1 amide bonds. The van der Waals surface area contributed by atoms with Gasteiger partial charge in [0.1, 0.15) is 17.8 Å². The second-order valence-electron chi connectivity index (χ2n) is 6.68. The quantitative estimate of drug-likeness (QED) is 0.681. The Morgan fingerprint density at radius 2 is 1.96 bits per heavy atom. The van der Waals surface area contributed by atoms with E-state index in [0.29, 0.717) is 12.1 Å². The summed E-state index contributed by atoms with van der Waals surface area (Å²) in [5.74, 6) is 0.582. The maximum atomic E-state index is 12.5. The number of aryl methyl sites for hydroxylation is 1. The Bertz CT molecular complexity index is 1110. The van der Waals surface area contributed by atoms with Crippen LogP contribution in [0.5, 0.6) is 0 Å². The fraction of sp³-hybridized carbons (Fsp3) is 0.263. The van der Waals surface area contributed by atoms with Crippen molar-refractivity contribution in [1.82, 2.24) is 19.7 Å². The zero-order valence-electron chi connectivity index (χ0n) is 15.8. The number of pyridine rings is 1. The third kappa shape index (κ3) is 4.61. The molecule has 0 aliphatic rings. The van der Waals surface area contributed by atoms with Gasteiger partial charge in [-0.15, -0.1) is 10.2 Å². The first-order valence-corrected chi connectivity index (χ1v) is 10.5. The number of nitrogens with zero attached hydrogens (tertiary/aromatic N) is 4. The van der Waals surface area contributed by atoms with E-state index >= 15 is 0 Å². The number of amides is 1. The molecule has 0 saturated heterocycles. The number of rotatable bonds is 6. The monoisotopic (exact) mass is 399 g/mol. The number of carbonyl (C=O) groups is 1. The Hall–Kier alpha value is -3.07. The molecular weight excluding hydrogens is 378 g/mol. The van der Waals surface area contributed by atoms with Gasteiger partial charge >= 0.3 is 0 Å². The van der Waals surface area contributed by atoms with Crippen LogP contribution in [-0.2, 0) is 23.3 Å². The Morgan fingerprint density at radius 3 is 2.64 bits per heavy atom. The van der Waals surface area contributed by atoms with Crippen molar-refractivity contribution in [2.45, 2.75) is 24.3 Å². The highest BCUT2D eigenvalue weighted by molar-refractivity contribution is 7.90. The third-order valence-corrected chi connectivity index (χ3v) is 5.33. The molecular formula is C19H21N5O3S. The minimum absolute atomic E-state index is 0.0421. The van der Waals surface area contributed by atoms with E-state index in [1.807, 2.05) is 29.8 Å². The fourth-order valence-corrected chi connectivity index (χ4v) is 3.34. The summed E-state index contributed by atoms with van der Waals surface area (Å²) < 4.78 is 25.1. The Kier molecular flexibility index (Phi) is 5.55. The van der Waals surface area contributed by atoms with Gasteiger partial charge in [0.15, 0.2) is 14.9 Å². The van der Waals surface area contributed by atoms with Gasteiger partial charge in [0.2, 0.25) is 0 Å². The molecule has 0 aliphatic heterocycles. The van der Waals surface area contributed by atoms with Crippen LogP contribution < -0.4 is 5.32 Å². The maximum Gasteiger partial charge on any atom is 0.274 e. The second kappa shape index (κ2) is 7.89. The highest BCUT2D eigenvalue weighted by Crippen LogP contribution is 2.22. The summed E-state index contributed by atoms with van der Waals surface area (Å²) in [6.07, 6.45) is 3.43. The predicted octanol–water partition coefficient (Wildman–Crippen LogP) is 2.21. The van der Waals surface area contributed by atoms with Crippen LogP contribution in [0.2, 0.25) is 0 Å². The number of hydrogen-bond acceptors (Lipinski definition) is 6. The van der Waals surface area contributed by atoms with Crippen molar-refractivity contribution in [3.63, 3.8) is 0 Å². The van der Waals surface area contributed by atoms with Crippen molar-refractivity contribution in [3.8, 4) is 0 Å². The maximum absolute atomic E-state index is 12.5. The summed E-state index contributed by atoms with van der Waals surface area (Å²) >= 11 is 0. The smallest absolute Gasteiger partial charge is 0.274 e. The number of aromatic nitrogens is 4. The topological polar surface area (TPSA) is 107 Å². The van der Waals surface area contributed by atoms with E-state index in [9.17, 15) is 13.2 Å². The highest BCUT2D eigenvalue weighted by Gasteiger charge is 2.15. The molecule has 3 rings (SSSR count). The van der Waals surface area contributed by atoms with Crippen molar-refractivity contribution in [2.24, 2.45) is 7.05 Å². The summed E-state index contributed by atoms with van der Waals surface area (Å²) in [5, 5.41) is 10.6. The Morgan fingerprint density at radius 1 is 1.21 bits per heavy atom. The van der Waals surface area contributed by atoms with Gasteiger partial charge < -0.3 is 9.88 Å². The summed E-state index contributed by atoms with van der Waals surface area (Å²) in [4.78, 5) is 16.4.